The number of carbonyl (C=O) groups is 2. The lowest BCUT2D eigenvalue weighted by molar-refractivity contribution is -0.870. The Kier molecular flexibility index (Phi) is 40.4. The molecule has 0 fully saturated rings. The Bertz CT molecular complexity index is 1210. The summed E-state index contributed by atoms with van der Waals surface area (Å²) in [5.41, 5.74) is 0. The summed E-state index contributed by atoms with van der Waals surface area (Å²) < 4.78 is 34.0. The van der Waals surface area contributed by atoms with E-state index in [9.17, 15) is 19.0 Å². The first-order valence-corrected chi connectivity index (χ1v) is 25.5. The van der Waals surface area contributed by atoms with Gasteiger partial charge in [0.1, 0.15) is 19.8 Å². The van der Waals surface area contributed by atoms with Gasteiger partial charge < -0.3 is 27.9 Å². The minimum atomic E-state index is -4.64. The zero-order valence-electron chi connectivity index (χ0n) is 39.1. The van der Waals surface area contributed by atoms with E-state index in [0.717, 1.165) is 70.6 Å². The van der Waals surface area contributed by atoms with Crippen LogP contribution >= 0.6 is 7.82 Å². The summed E-state index contributed by atoms with van der Waals surface area (Å²) in [4.78, 5) is 37.6. The van der Waals surface area contributed by atoms with Gasteiger partial charge in [-0.15, -0.1) is 0 Å². The van der Waals surface area contributed by atoms with Gasteiger partial charge in [0.2, 0.25) is 0 Å². The highest BCUT2D eigenvalue weighted by Crippen LogP contribution is 2.38. The summed E-state index contributed by atoms with van der Waals surface area (Å²) in [6.07, 6.45) is 51.0. The molecule has 0 bridgehead atoms. The predicted molar refractivity (Wildman–Crippen MR) is 250 cm³/mol. The number of quaternary nitrogens is 1. The lowest BCUT2D eigenvalue weighted by Crippen LogP contribution is -2.37. The monoisotopic (exact) mass is 864 g/mol. The number of carbonyl (C=O) groups excluding carboxylic acids is 2. The van der Waals surface area contributed by atoms with E-state index < -0.39 is 32.5 Å². The van der Waals surface area contributed by atoms with Gasteiger partial charge in [0.25, 0.3) is 7.82 Å². The number of nitrogens with zero attached hydrogens (tertiary/aromatic N) is 1. The lowest BCUT2D eigenvalue weighted by atomic mass is 10.0. The fraction of sp³-hybridized carbons (Fsp3) is 0.760. The molecule has 60 heavy (non-hydrogen) atoms. The van der Waals surface area contributed by atoms with Crippen LogP contribution in [0.1, 0.15) is 194 Å². The maximum atomic E-state index is 12.7. The maximum absolute atomic E-state index is 12.7. The first kappa shape index (κ1) is 57.7. The first-order chi connectivity index (χ1) is 29.0. The van der Waals surface area contributed by atoms with Crippen LogP contribution in [0.3, 0.4) is 0 Å². The summed E-state index contributed by atoms with van der Waals surface area (Å²) >= 11 is 0. The van der Waals surface area contributed by atoms with E-state index in [1.807, 2.05) is 21.1 Å². The van der Waals surface area contributed by atoms with Gasteiger partial charge in [0.15, 0.2) is 6.10 Å². The second-order valence-corrected chi connectivity index (χ2v) is 18.5. The molecule has 2 atom stereocenters. The molecule has 0 spiro atoms. The summed E-state index contributed by atoms with van der Waals surface area (Å²) in [7, 11) is 1.14. The Hall–Kier alpha value is -2.29. The molecule has 0 aromatic rings. The molecule has 0 N–H and O–H groups in total. The molecular formula is C50H90NO8P. The highest BCUT2D eigenvalue weighted by Gasteiger charge is 2.21. The van der Waals surface area contributed by atoms with Crippen molar-refractivity contribution in [1.29, 1.82) is 0 Å². The lowest BCUT2D eigenvalue weighted by Gasteiger charge is -2.28. The van der Waals surface area contributed by atoms with Crippen molar-refractivity contribution in [3.8, 4) is 0 Å². The van der Waals surface area contributed by atoms with E-state index in [-0.39, 0.29) is 26.1 Å². The van der Waals surface area contributed by atoms with E-state index in [0.29, 0.717) is 23.9 Å². The van der Waals surface area contributed by atoms with E-state index >= 15 is 0 Å². The Morgan fingerprint density at radius 1 is 0.533 bits per heavy atom. The molecule has 0 radical (unpaired) electrons. The van der Waals surface area contributed by atoms with Crippen LogP contribution in [0.5, 0.6) is 0 Å². The number of allylic oxidation sites excluding steroid dienone is 10. The van der Waals surface area contributed by atoms with Gasteiger partial charge in [-0.05, 0) is 57.8 Å². The molecule has 0 aliphatic heterocycles. The Balaban J connectivity index is 4.36. The van der Waals surface area contributed by atoms with Crippen LogP contribution in [0.4, 0.5) is 0 Å². The normalized spacial score (nSPS) is 14.0. The average molecular weight is 864 g/mol. The van der Waals surface area contributed by atoms with Crippen molar-refractivity contribution in [2.45, 2.75) is 200 Å². The van der Waals surface area contributed by atoms with Crippen LogP contribution in [-0.2, 0) is 32.7 Å². The van der Waals surface area contributed by atoms with Crippen molar-refractivity contribution >= 4 is 19.8 Å². The van der Waals surface area contributed by atoms with E-state index in [2.05, 4.69) is 74.6 Å². The van der Waals surface area contributed by atoms with E-state index in [1.54, 1.807) is 0 Å². The molecule has 0 saturated carbocycles. The molecule has 0 heterocycles. The summed E-state index contributed by atoms with van der Waals surface area (Å²) in [5, 5.41) is 0. The molecule has 348 valence electrons. The smallest absolute Gasteiger partial charge is 0.306 e. The number of hydrogen-bond donors (Lipinski definition) is 0. The molecule has 10 heteroatoms. The molecule has 0 aromatic carbocycles. The molecule has 9 nitrogen and oxygen atoms in total. The largest absolute Gasteiger partial charge is 0.756 e. The number of likely N-dealkylation sites (N-methyl/N-ethyl adjacent to an activating group) is 1. The number of phosphoric acid groups is 1. The quantitative estimate of drug-likeness (QED) is 0.0196. The SMILES string of the molecule is CC/C=C/C/C=C/C/C=C/C/C=C/C/C=C/CCCCCC(=O)OC[C@H](COP(=O)([O-])OCC[N+](C)(C)C)OC(=O)CCCCCCCCCCCCCCCCCCC. The molecule has 0 aliphatic carbocycles. The van der Waals surface area contributed by atoms with Crippen LogP contribution < -0.4 is 4.89 Å². The van der Waals surface area contributed by atoms with Crippen LogP contribution in [-0.4, -0.2) is 70.0 Å². The zero-order chi connectivity index (χ0) is 44.3. The fourth-order valence-corrected chi connectivity index (χ4v) is 7.06. The predicted octanol–water partition coefficient (Wildman–Crippen LogP) is 13.4. The molecule has 0 rings (SSSR count). The summed E-state index contributed by atoms with van der Waals surface area (Å²) in [5.74, 6) is -0.870. The first-order valence-electron chi connectivity index (χ1n) is 24.0. The van der Waals surface area contributed by atoms with Crippen LogP contribution in [0, 0.1) is 0 Å². The van der Waals surface area contributed by atoms with E-state index in [4.69, 9.17) is 18.5 Å². The zero-order valence-corrected chi connectivity index (χ0v) is 40.0. The number of ether oxygens (including phenoxy) is 2. The van der Waals surface area contributed by atoms with Crippen LogP contribution in [0.15, 0.2) is 60.8 Å². The van der Waals surface area contributed by atoms with Gasteiger partial charge in [0, 0.05) is 12.8 Å². The molecule has 0 amide bonds. The Morgan fingerprint density at radius 2 is 0.950 bits per heavy atom. The van der Waals surface area contributed by atoms with Gasteiger partial charge in [-0.2, -0.15) is 0 Å². The van der Waals surface area contributed by atoms with Crippen LogP contribution in [0.2, 0.25) is 0 Å². The van der Waals surface area contributed by atoms with Gasteiger partial charge in [-0.25, -0.2) is 0 Å². The summed E-state index contributed by atoms with van der Waals surface area (Å²) in [6.45, 7) is 4.09. The minimum absolute atomic E-state index is 0.0376. The number of unbranched alkanes of at least 4 members (excludes halogenated alkanes) is 19. The molecule has 0 saturated heterocycles. The third-order valence-electron chi connectivity index (χ3n) is 10.1. The second-order valence-electron chi connectivity index (χ2n) is 17.1. The molecule has 0 aliphatic rings. The highest BCUT2D eigenvalue weighted by molar-refractivity contribution is 7.45. The van der Waals surface area contributed by atoms with Crippen molar-refractivity contribution < 1.29 is 42.1 Å². The Morgan fingerprint density at radius 3 is 1.42 bits per heavy atom. The standard InChI is InChI=1S/C50H90NO8P/c1-6-8-10-12-14-16-18-20-22-24-25-27-28-30-32-34-36-38-40-42-49(52)56-46-48(47-58-60(54,55)57-45-44-51(3,4)5)59-50(53)43-41-39-37-35-33-31-29-26-23-21-19-17-15-13-11-9-7-2/h8,10,14,16,20,22,25,27,30,32,48H,6-7,9,11-13,15,17-19,21,23-24,26,28-29,31,33-47H2,1-5H3/b10-8+,16-14+,22-20+,27-25+,32-30+/t48-/m1/s1. The van der Waals surface area contributed by atoms with Gasteiger partial charge in [0.05, 0.1) is 27.7 Å². The average Bonchev–Trinajstić information content (AvgIpc) is 3.20. The van der Waals surface area contributed by atoms with Gasteiger partial charge in [-0.1, -0.05) is 184 Å². The van der Waals surface area contributed by atoms with Crippen molar-refractivity contribution in [3.63, 3.8) is 0 Å². The number of rotatable bonds is 43. The molecule has 1 unspecified atom stereocenters. The highest BCUT2D eigenvalue weighted by atomic mass is 31.2. The van der Waals surface area contributed by atoms with Crippen molar-refractivity contribution in [3.05, 3.63) is 60.8 Å². The van der Waals surface area contributed by atoms with Gasteiger partial charge >= 0.3 is 11.9 Å². The number of hydrogen-bond acceptors (Lipinski definition) is 8. The second kappa shape index (κ2) is 42.0. The topological polar surface area (TPSA) is 111 Å². The van der Waals surface area contributed by atoms with Gasteiger partial charge in [-0.3, -0.25) is 14.2 Å². The minimum Gasteiger partial charge on any atom is -0.756 e. The number of esters is 2. The Labute approximate surface area is 368 Å². The van der Waals surface area contributed by atoms with Crippen molar-refractivity contribution in [1.82, 2.24) is 0 Å². The summed E-state index contributed by atoms with van der Waals surface area (Å²) in [6, 6.07) is 0. The van der Waals surface area contributed by atoms with E-state index in [1.165, 1.54) is 83.5 Å². The van der Waals surface area contributed by atoms with Crippen LogP contribution in [0.25, 0.3) is 0 Å². The molecular weight excluding hydrogens is 774 g/mol. The molecule has 0 aromatic heterocycles. The van der Waals surface area contributed by atoms with Crippen molar-refractivity contribution in [2.75, 3.05) is 47.5 Å². The van der Waals surface area contributed by atoms with Crippen molar-refractivity contribution in [2.24, 2.45) is 0 Å². The third kappa shape index (κ3) is 45.2. The maximum Gasteiger partial charge on any atom is 0.306 e. The third-order valence-corrected chi connectivity index (χ3v) is 11.0. The fourth-order valence-electron chi connectivity index (χ4n) is 6.33. The number of phosphoric ester groups is 1.